The average Bonchev–Trinajstić information content (AvgIpc) is 3.02. The van der Waals surface area contributed by atoms with Gasteiger partial charge in [0.05, 0.1) is 6.04 Å². The monoisotopic (exact) mass is 287 g/mol. The normalized spacial score (nSPS) is 18.7. The van der Waals surface area contributed by atoms with E-state index in [2.05, 4.69) is 25.2 Å². The summed E-state index contributed by atoms with van der Waals surface area (Å²) in [6, 6.07) is 1.86. The van der Waals surface area contributed by atoms with Crippen molar-refractivity contribution in [2.24, 2.45) is 5.73 Å². The highest BCUT2D eigenvalue weighted by atomic mass is 16.1. The van der Waals surface area contributed by atoms with Crippen LogP contribution in [0.1, 0.15) is 6.42 Å². The quantitative estimate of drug-likeness (QED) is 0.772. The Labute approximate surface area is 122 Å². The van der Waals surface area contributed by atoms with E-state index in [1.165, 1.54) is 0 Å². The van der Waals surface area contributed by atoms with Crippen LogP contribution in [0.4, 0.5) is 5.82 Å². The first-order chi connectivity index (χ1) is 10.2. The molecule has 1 saturated heterocycles. The van der Waals surface area contributed by atoms with Crippen molar-refractivity contribution in [1.29, 1.82) is 0 Å². The van der Waals surface area contributed by atoms with Gasteiger partial charge in [0, 0.05) is 44.6 Å². The Morgan fingerprint density at radius 3 is 3.14 bits per heavy atom. The van der Waals surface area contributed by atoms with Gasteiger partial charge in [-0.3, -0.25) is 9.36 Å². The van der Waals surface area contributed by atoms with E-state index >= 15 is 0 Å². The molecule has 1 amide bonds. The topological polar surface area (TPSA) is 102 Å². The Morgan fingerprint density at radius 2 is 2.38 bits per heavy atom. The van der Waals surface area contributed by atoms with Gasteiger partial charge in [-0.05, 0) is 6.07 Å². The standard InChI is InChI=1S/C13H17N7O/c14-11(21)7-10-8-15-4-6-20(10)12-1-2-17-13(18-12)19-5-3-16-9-19/h1-3,5,9-10,15H,4,6-8H2,(H2,14,21). The fourth-order valence-electron chi connectivity index (χ4n) is 2.48. The fraction of sp³-hybridized carbons (Fsp3) is 0.385. The van der Waals surface area contributed by atoms with E-state index in [-0.39, 0.29) is 11.9 Å². The van der Waals surface area contributed by atoms with E-state index in [0.29, 0.717) is 18.9 Å². The van der Waals surface area contributed by atoms with E-state index in [4.69, 9.17) is 5.73 Å². The maximum atomic E-state index is 11.2. The van der Waals surface area contributed by atoms with Gasteiger partial charge in [0.15, 0.2) is 0 Å². The smallest absolute Gasteiger partial charge is 0.236 e. The maximum absolute atomic E-state index is 11.2. The number of carbonyl (C=O) groups excluding carboxylic acids is 1. The number of nitrogens with two attached hydrogens (primary N) is 1. The molecule has 0 aliphatic carbocycles. The van der Waals surface area contributed by atoms with Gasteiger partial charge in [0.2, 0.25) is 11.9 Å². The second kappa shape index (κ2) is 5.88. The molecule has 1 unspecified atom stereocenters. The molecule has 0 spiro atoms. The summed E-state index contributed by atoms with van der Waals surface area (Å²) in [5.74, 6) is 1.04. The number of primary amides is 1. The zero-order chi connectivity index (χ0) is 14.7. The highest BCUT2D eigenvalue weighted by Gasteiger charge is 2.25. The van der Waals surface area contributed by atoms with Gasteiger partial charge >= 0.3 is 0 Å². The van der Waals surface area contributed by atoms with Crippen LogP contribution in [0.2, 0.25) is 0 Å². The zero-order valence-electron chi connectivity index (χ0n) is 11.5. The van der Waals surface area contributed by atoms with E-state index in [9.17, 15) is 4.79 Å². The number of aromatic nitrogens is 4. The third-order valence-corrected chi connectivity index (χ3v) is 3.44. The number of piperazine rings is 1. The molecule has 0 bridgehead atoms. The Balaban J connectivity index is 1.87. The Hall–Kier alpha value is -2.48. The lowest BCUT2D eigenvalue weighted by Crippen LogP contribution is -2.53. The predicted molar refractivity (Wildman–Crippen MR) is 77.0 cm³/mol. The van der Waals surface area contributed by atoms with Gasteiger partial charge in [-0.1, -0.05) is 0 Å². The third-order valence-electron chi connectivity index (χ3n) is 3.44. The van der Waals surface area contributed by atoms with Crippen LogP contribution in [-0.4, -0.2) is 51.1 Å². The Bertz CT molecular complexity index is 613. The maximum Gasteiger partial charge on any atom is 0.236 e. The summed E-state index contributed by atoms with van der Waals surface area (Å²) in [6.07, 6.45) is 7.13. The molecule has 1 atom stereocenters. The summed E-state index contributed by atoms with van der Waals surface area (Å²) in [4.78, 5) is 26.1. The lowest BCUT2D eigenvalue weighted by Gasteiger charge is -2.36. The summed E-state index contributed by atoms with van der Waals surface area (Å²) < 4.78 is 1.74. The van der Waals surface area contributed by atoms with E-state index < -0.39 is 0 Å². The van der Waals surface area contributed by atoms with Gasteiger partial charge in [0.25, 0.3) is 0 Å². The van der Waals surface area contributed by atoms with Crippen LogP contribution in [0, 0.1) is 0 Å². The minimum Gasteiger partial charge on any atom is -0.370 e. The van der Waals surface area contributed by atoms with Crippen molar-refractivity contribution in [2.75, 3.05) is 24.5 Å². The van der Waals surface area contributed by atoms with Crippen LogP contribution >= 0.6 is 0 Å². The van der Waals surface area contributed by atoms with Crippen LogP contribution in [0.5, 0.6) is 0 Å². The van der Waals surface area contributed by atoms with Crippen molar-refractivity contribution in [3.63, 3.8) is 0 Å². The predicted octanol–water partition coefficient (Wildman–Crippen LogP) is -0.684. The average molecular weight is 287 g/mol. The van der Waals surface area contributed by atoms with Crippen molar-refractivity contribution in [3.05, 3.63) is 31.0 Å². The minimum atomic E-state index is -0.308. The highest BCUT2D eigenvalue weighted by Crippen LogP contribution is 2.18. The Kier molecular flexibility index (Phi) is 3.78. The summed E-state index contributed by atoms with van der Waals surface area (Å²) >= 11 is 0. The first-order valence-electron chi connectivity index (χ1n) is 6.81. The number of hydrogen-bond acceptors (Lipinski definition) is 6. The van der Waals surface area contributed by atoms with E-state index in [1.807, 2.05) is 6.07 Å². The van der Waals surface area contributed by atoms with Gasteiger partial charge in [-0.2, -0.15) is 4.98 Å². The number of nitrogens with zero attached hydrogens (tertiary/aromatic N) is 5. The number of nitrogens with one attached hydrogen (secondary N) is 1. The molecule has 0 saturated carbocycles. The molecule has 1 fully saturated rings. The van der Waals surface area contributed by atoms with Crippen LogP contribution in [0.25, 0.3) is 5.95 Å². The number of imidazole rings is 1. The fourth-order valence-corrected chi connectivity index (χ4v) is 2.48. The van der Waals surface area contributed by atoms with Crippen LogP contribution in [0.3, 0.4) is 0 Å². The minimum absolute atomic E-state index is 0.0155. The van der Waals surface area contributed by atoms with Gasteiger partial charge in [0.1, 0.15) is 12.1 Å². The molecule has 0 radical (unpaired) electrons. The molecule has 110 valence electrons. The third kappa shape index (κ3) is 3.00. The lowest BCUT2D eigenvalue weighted by molar-refractivity contribution is -0.118. The van der Waals surface area contributed by atoms with Gasteiger partial charge in [-0.15, -0.1) is 0 Å². The summed E-state index contributed by atoms with van der Waals surface area (Å²) in [7, 11) is 0. The van der Waals surface area contributed by atoms with Gasteiger partial charge < -0.3 is 16.0 Å². The van der Waals surface area contributed by atoms with Crippen molar-refractivity contribution in [3.8, 4) is 5.95 Å². The molecular formula is C13H17N7O. The zero-order valence-corrected chi connectivity index (χ0v) is 11.5. The molecular weight excluding hydrogens is 270 g/mol. The van der Waals surface area contributed by atoms with Crippen LogP contribution in [-0.2, 0) is 4.79 Å². The van der Waals surface area contributed by atoms with Crippen LogP contribution in [0.15, 0.2) is 31.0 Å². The van der Waals surface area contributed by atoms with Crippen molar-refractivity contribution in [1.82, 2.24) is 24.8 Å². The lowest BCUT2D eigenvalue weighted by atomic mass is 10.1. The number of carbonyl (C=O) groups is 1. The number of hydrogen-bond donors (Lipinski definition) is 2. The molecule has 21 heavy (non-hydrogen) atoms. The number of anilines is 1. The molecule has 3 rings (SSSR count). The van der Waals surface area contributed by atoms with Crippen LogP contribution < -0.4 is 16.0 Å². The Morgan fingerprint density at radius 1 is 1.48 bits per heavy atom. The summed E-state index contributed by atoms with van der Waals surface area (Å²) in [5.41, 5.74) is 5.33. The second-order valence-electron chi connectivity index (χ2n) is 4.91. The first kappa shape index (κ1) is 13.5. The number of rotatable bonds is 4. The van der Waals surface area contributed by atoms with Crippen molar-refractivity contribution < 1.29 is 4.79 Å². The second-order valence-corrected chi connectivity index (χ2v) is 4.91. The molecule has 3 N–H and O–H groups in total. The molecule has 1 aliphatic heterocycles. The van der Waals surface area contributed by atoms with Gasteiger partial charge in [-0.25, -0.2) is 9.97 Å². The molecule has 0 aromatic carbocycles. The summed E-state index contributed by atoms with van der Waals surface area (Å²) in [5, 5.41) is 3.27. The van der Waals surface area contributed by atoms with Crippen molar-refractivity contribution in [2.45, 2.75) is 12.5 Å². The van der Waals surface area contributed by atoms with E-state index in [1.54, 1.807) is 29.5 Å². The molecule has 1 aliphatic rings. The van der Waals surface area contributed by atoms with E-state index in [0.717, 1.165) is 18.9 Å². The SMILES string of the molecule is NC(=O)CC1CNCCN1c1ccnc(-n2ccnc2)n1. The number of amides is 1. The molecule has 3 heterocycles. The summed E-state index contributed by atoms with van der Waals surface area (Å²) in [6.45, 7) is 2.34. The molecule has 8 heteroatoms. The first-order valence-corrected chi connectivity index (χ1v) is 6.81. The molecule has 8 nitrogen and oxygen atoms in total. The largest absolute Gasteiger partial charge is 0.370 e. The molecule has 2 aromatic rings. The molecule has 2 aromatic heterocycles. The van der Waals surface area contributed by atoms with Crippen molar-refractivity contribution >= 4 is 11.7 Å². The highest BCUT2D eigenvalue weighted by molar-refractivity contribution is 5.75.